The summed E-state index contributed by atoms with van der Waals surface area (Å²) in [7, 11) is 1.78. The van der Waals surface area contributed by atoms with Crippen molar-refractivity contribution in [1.82, 2.24) is 9.69 Å². The number of carbonyl (C=O) groups excluding carboxylic acids is 1. The second-order valence-corrected chi connectivity index (χ2v) is 7.27. The van der Waals surface area contributed by atoms with E-state index in [2.05, 4.69) is 9.69 Å². The molecule has 1 aromatic heterocycles. The Labute approximate surface area is 134 Å². The molecule has 2 atom stereocenters. The number of rotatable bonds is 4. The van der Waals surface area contributed by atoms with Gasteiger partial charge in [0, 0.05) is 24.0 Å². The summed E-state index contributed by atoms with van der Waals surface area (Å²) in [5, 5.41) is 4.32. The number of ether oxygens (including phenoxy) is 1. The first-order chi connectivity index (χ1) is 10.7. The average molecular weight is 316 g/mol. The number of amides is 1. The van der Waals surface area contributed by atoms with Gasteiger partial charge in [-0.2, -0.15) is 4.37 Å². The van der Waals surface area contributed by atoms with E-state index >= 15 is 0 Å². The van der Waals surface area contributed by atoms with Gasteiger partial charge in [-0.25, -0.2) is 0 Å². The molecule has 4 rings (SSSR count). The van der Waals surface area contributed by atoms with Gasteiger partial charge in [0.25, 0.3) is 0 Å². The minimum absolute atomic E-state index is 0.0851. The fourth-order valence-electron chi connectivity index (χ4n) is 4.00. The quantitative estimate of drug-likeness (QED) is 0.943. The van der Waals surface area contributed by atoms with Gasteiger partial charge in [-0.05, 0) is 36.9 Å². The van der Waals surface area contributed by atoms with Crippen LogP contribution < -0.4 is 5.32 Å². The molecule has 0 saturated heterocycles. The molecule has 0 aliphatic heterocycles. The molecule has 2 fully saturated rings. The molecule has 2 aliphatic carbocycles. The first kappa shape index (κ1) is 14.2. The summed E-state index contributed by atoms with van der Waals surface area (Å²) >= 11 is 1.46. The zero-order valence-corrected chi connectivity index (χ0v) is 13.5. The molecule has 1 N–H and O–H groups in total. The summed E-state index contributed by atoms with van der Waals surface area (Å²) in [5.74, 6) is 0.0851. The summed E-state index contributed by atoms with van der Waals surface area (Å²) in [6, 6.07) is 8.37. The van der Waals surface area contributed by atoms with Crippen LogP contribution in [0.2, 0.25) is 0 Å². The van der Waals surface area contributed by atoms with Crippen molar-refractivity contribution < 1.29 is 9.53 Å². The number of aromatic nitrogens is 1. The third-order valence-corrected chi connectivity index (χ3v) is 6.33. The van der Waals surface area contributed by atoms with Crippen LogP contribution in [0.25, 0.3) is 10.1 Å². The zero-order chi connectivity index (χ0) is 15.2. The van der Waals surface area contributed by atoms with E-state index in [0.29, 0.717) is 12.5 Å². The molecule has 2 aliphatic rings. The SMILES string of the molecule is CO[C@@H]1C[C@@H](NC(=O)Cc2nsc3ccccc23)C12CCC2. The van der Waals surface area contributed by atoms with Crippen molar-refractivity contribution in [2.24, 2.45) is 5.41 Å². The maximum atomic E-state index is 12.4. The van der Waals surface area contributed by atoms with Crippen molar-refractivity contribution >= 4 is 27.5 Å². The number of fused-ring (bicyclic) bond motifs is 1. The molecule has 1 heterocycles. The maximum Gasteiger partial charge on any atom is 0.226 e. The molecular formula is C17H20N2O2S. The largest absolute Gasteiger partial charge is 0.381 e. The molecule has 0 unspecified atom stereocenters. The Morgan fingerprint density at radius 3 is 3.00 bits per heavy atom. The molecule has 2 saturated carbocycles. The van der Waals surface area contributed by atoms with E-state index in [-0.39, 0.29) is 17.4 Å². The Bertz CT molecular complexity index is 708. The molecule has 0 radical (unpaired) electrons. The number of methoxy groups -OCH3 is 1. The fraction of sp³-hybridized carbons (Fsp3) is 0.529. The second kappa shape index (κ2) is 5.32. The van der Waals surface area contributed by atoms with Crippen LogP contribution in [-0.2, 0) is 16.0 Å². The van der Waals surface area contributed by atoms with Gasteiger partial charge in [-0.15, -0.1) is 0 Å². The number of carbonyl (C=O) groups is 1. The molecule has 1 spiro atoms. The lowest BCUT2D eigenvalue weighted by Gasteiger charge is -2.60. The van der Waals surface area contributed by atoms with Gasteiger partial charge in [0.05, 0.1) is 22.9 Å². The Morgan fingerprint density at radius 2 is 2.27 bits per heavy atom. The van der Waals surface area contributed by atoms with E-state index < -0.39 is 0 Å². The number of nitrogens with one attached hydrogen (secondary N) is 1. The van der Waals surface area contributed by atoms with Crippen molar-refractivity contribution in [2.45, 2.75) is 44.2 Å². The molecule has 1 amide bonds. The van der Waals surface area contributed by atoms with E-state index in [1.54, 1.807) is 7.11 Å². The minimum Gasteiger partial charge on any atom is -0.381 e. The molecular weight excluding hydrogens is 296 g/mol. The number of benzene rings is 1. The van der Waals surface area contributed by atoms with E-state index in [0.717, 1.165) is 22.2 Å². The van der Waals surface area contributed by atoms with Gasteiger partial charge >= 0.3 is 0 Å². The minimum atomic E-state index is 0.0851. The van der Waals surface area contributed by atoms with Crippen molar-refractivity contribution in [2.75, 3.05) is 7.11 Å². The molecule has 0 bridgehead atoms. The summed E-state index contributed by atoms with van der Waals surface area (Å²) in [4.78, 5) is 12.4. The Hall–Kier alpha value is -1.46. The van der Waals surface area contributed by atoms with Gasteiger partial charge < -0.3 is 10.1 Å². The summed E-state index contributed by atoms with van der Waals surface area (Å²) in [6.45, 7) is 0. The van der Waals surface area contributed by atoms with Crippen LogP contribution in [0, 0.1) is 5.41 Å². The molecule has 22 heavy (non-hydrogen) atoms. The van der Waals surface area contributed by atoms with Crippen LogP contribution >= 0.6 is 11.5 Å². The van der Waals surface area contributed by atoms with Crippen molar-refractivity contribution in [3.05, 3.63) is 30.0 Å². The van der Waals surface area contributed by atoms with Crippen LogP contribution in [0.4, 0.5) is 0 Å². The van der Waals surface area contributed by atoms with E-state index in [9.17, 15) is 4.79 Å². The summed E-state index contributed by atoms with van der Waals surface area (Å²) in [6.07, 6.45) is 5.25. The first-order valence-electron chi connectivity index (χ1n) is 7.88. The van der Waals surface area contributed by atoms with Gasteiger partial charge in [-0.3, -0.25) is 4.79 Å². The third-order valence-electron chi connectivity index (χ3n) is 5.47. The summed E-state index contributed by atoms with van der Waals surface area (Å²) < 4.78 is 11.1. The lowest BCUT2D eigenvalue weighted by molar-refractivity contribution is -0.166. The standard InChI is InChI=1S/C17H20N2O2S/c1-21-15-10-14(17(15)7-4-8-17)18-16(20)9-12-11-5-2-3-6-13(11)22-19-12/h2-3,5-6,14-15H,4,7-10H2,1H3,(H,18,20)/t14-,15-/m1/s1. The highest BCUT2D eigenvalue weighted by Crippen LogP contribution is 2.57. The highest BCUT2D eigenvalue weighted by atomic mass is 32.1. The monoisotopic (exact) mass is 316 g/mol. The second-order valence-electron chi connectivity index (χ2n) is 6.47. The molecule has 4 nitrogen and oxygen atoms in total. The van der Waals surface area contributed by atoms with E-state index in [1.165, 1.54) is 30.8 Å². The van der Waals surface area contributed by atoms with Crippen LogP contribution in [-0.4, -0.2) is 29.5 Å². The highest BCUT2D eigenvalue weighted by Gasteiger charge is 2.59. The van der Waals surface area contributed by atoms with Crippen molar-refractivity contribution in [3.8, 4) is 0 Å². The smallest absolute Gasteiger partial charge is 0.226 e. The lowest BCUT2D eigenvalue weighted by atomic mass is 9.51. The number of hydrogen-bond acceptors (Lipinski definition) is 4. The van der Waals surface area contributed by atoms with Gasteiger partial charge in [0.1, 0.15) is 0 Å². The van der Waals surface area contributed by atoms with Gasteiger partial charge in [0.15, 0.2) is 0 Å². The van der Waals surface area contributed by atoms with Gasteiger partial charge in [0.2, 0.25) is 5.91 Å². The Morgan fingerprint density at radius 1 is 1.45 bits per heavy atom. The highest BCUT2D eigenvalue weighted by molar-refractivity contribution is 7.13. The zero-order valence-electron chi connectivity index (χ0n) is 12.7. The van der Waals surface area contributed by atoms with Crippen LogP contribution in [0.5, 0.6) is 0 Å². The maximum absolute atomic E-state index is 12.4. The predicted molar refractivity (Wildman–Crippen MR) is 87.0 cm³/mol. The predicted octanol–water partition coefficient (Wildman–Crippen LogP) is 2.91. The average Bonchev–Trinajstić information content (AvgIpc) is 2.85. The normalized spacial score (nSPS) is 25.7. The number of hydrogen-bond donors (Lipinski definition) is 1. The Kier molecular flexibility index (Phi) is 3.42. The fourth-order valence-corrected chi connectivity index (χ4v) is 4.79. The van der Waals surface area contributed by atoms with Gasteiger partial charge in [-0.1, -0.05) is 24.6 Å². The first-order valence-corrected chi connectivity index (χ1v) is 8.66. The molecule has 2 aromatic rings. The topological polar surface area (TPSA) is 51.2 Å². The number of nitrogens with zero attached hydrogens (tertiary/aromatic N) is 1. The van der Waals surface area contributed by atoms with Crippen LogP contribution in [0.3, 0.4) is 0 Å². The van der Waals surface area contributed by atoms with E-state index in [1.807, 2.05) is 24.3 Å². The van der Waals surface area contributed by atoms with Crippen molar-refractivity contribution in [3.63, 3.8) is 0 Å². The van der Waals surface area contributed by atoms with Crippen LogP contribution in [0.1, 0.15) is 31.4 Å². The molecule has 5 heteroatoms. The molecule has 1 aromatic carbocycles. The van der Waals surface area contributed by atoms with Crippen molar-refractivity contribution in [1.29, 1.82) is 0 Å². The molecule has 116 valence electrons. The van der Waals surface area contributed by atoms with E-state index in [4.69, 9.17) is 4.74 Å². The van der Waals surface area contributed by atoms with Crippen LogP contribution in [0.15, 0.2) is 24.3 Å². The lowest BCUT2D eigenvalue weighted by Crippen LogP contribution is -2.67. The Balaban J connectivity index is 1.43. The third kappa shape index (κ3) is 2.07. The summed E-state index contributed by atoms with van der Waals surface area (Å²) in [5.41, 5.74) is 1.11.